The number of nitrogen functional groups attached to an aromatic ring is 1. The van der Waals surface area contributed by atoms with Crippen LogP contribution in [0.25, 0.3) is 11.0 Å². The van der Waals surface area contributed by atoms with Gasteiger partial charge >= 0.3 is 0 Å². The van der Waals surface area contributed by atoms with Crippen LogP contribution in [0.2, 0.25) is 0 Å². The van der Waals surface area contributed by atoms with Crippen LogP contribution in [0.3, 0.4) is 0 Å². The Morgan fingerprint density at radius 1 is 0.952 bits per heavy atom. The highest BCUT2D eigenvalue weighted by Crippen LogP contribution is 2.33. The highest BCUT2D eigenvalue weighted by Gasteiger charge is 2.45. The molecule has 2 aromatic heterocycles. The summed E-state index contributed by atoms with van der Waals surface area (Å²) in [6, 6.07) is 9.19. The Balaban J connectivity index is 0.785. The lowest BCUT2D eigenvalue weighted by Crippen LogP contribution is -2.54. The second-order valence-electron chi connectivity index (χ2n) is 15.0. The molecule has 3 aliphatic rings. The highest BCUT2D eigenvalue weighted by molar-refractivity contribution is 7.99. The van der Waals surface area contributed by atoms with Crippen molar-refractivity contribution in [3.63, 3.8) is 0 Å². The third kappa shape index (κ3) is 9.76. The van der Waals surface area contributed by atoms with Crippen molar-refractivity contribution in [2.45, 2.75) is 63.5 Å². The van der Waals surface area contributed by atoms with Crippen molar-refractivity contribution in [2.24, 2.45) is 0 Å². The van der Waals surface area contributed by atoms with Gasteiger partial charge in [0.05, 0.1) is 36.8 Å². The number of piperidine rings is 1. The smallest absolute Gasteiger partial charge is 0.264 e. The van der Waals surface area contributed by atoms with Gasteiger partial charge in [0.1, 0.15) is 35.4 Å². The van der Waals surface area contributed by atoms with Crippen molar-refractivity contribution in [2.75, 3.05) is 63.0 Å². The Labute approximate surface area is 362 Å². The third-order valence-corrected chi connectivity index (χ3v) is 11.9. The van der Waals surface area contributed by atoms with Gasteiger partial charge in [0.2, 0.25) is 23.6 Å². The quantitative estimate of drug-likeness (QED) is 0.0680. The minimum absolute atomic E-state index is 0.0379. The number of methoxy groups -OCH3 is 2. The molecule has 4 aromatic rings. The molecular weight excluding hydrogens is 817 g/mol. The standard InChI is InChI=1S/C43H48N10O8S/c1-60-28-21-26(22-29(23-28)61-2)10-11-32-38-39(44)47-25-48-40(38)53(50-32)27-14-18-51(24-27)36(56)15-19-62-20-17-46-34(54)9-4-3-5-16-45-31-8-6-7-30-37(31)43(59)52(42(30)58)33-12-13-35(55)49-41(33)57/h6-8,21-23,25,27,33,45H,3-5,9,12-20,24H2,1-2H3,(H,46,54)(H2,44,47,48)(H,49,55,57)/t27-,33?/m0/s1. The first-order valence-corrected chi connectivity index (χ1v) is 21.7. The van der Waals surface area contributed by atoms with Gasteiger partial charge in [-0.3, -0.25) is 39.0 Å². The number of amides is 6. The lowest BCUT2D eigenvalue weighted by atomic mass is 10.0. The van der Waals surface area contributed by atoms with E-state index in [1.165, 1.54) is 6.33 Å². The number of imide groups is 2. The molecule has 7 rings (SSSR count). The van der Waals surface area contributed by atoms with Crippen LogP contribution in [0, 0.1) is 11.8 Å². The number of anilines is 2. The highest BCUT2D eigenvalue weighted by atomic mass is 32.2. The fraction of sp³-hybridized carbons (Fsp3) is 0.419. The molecule has 0 bridgehead atoms. The molecule has 2 atom stereocenters. The Morgan fingerprint density at radius 3 is 2.53 bits per heavy atom. The summed E-state index contributed by atoms with van der Waals surface area (Å²) in [4.78, 5) is 87.4. The molecular formula is C43H48N10O8S. The van der Waals surface area contributed by atoms with Crippen molar-refractivity contribution < 1.29 is 38.2 Å². The number of aromatic nitrogens is 4. The van der Waals surface area contributed by atoms with Crippen LogP contribution in [0.1, 0.15) is 89.4 Å². The molecule has 324 valence electrons. The summed E-state index contributed by atoms with van der Waals surface area (Å²) in [5, 5.41) is 13.7. The van der Waals surface area contributed by atoms with Gasteiger partial charge in [-0.15, -0.1) is 0 Å². The van der Waals surface area contributed by atoms with Gasteiger partial charge in [-0.1, -0.05) is 18.4 Å². The van der Waals surface area contributed by atoms with Gasteiger partial charge in [0, 0.05) is 74.3 Å². The van der Waals surface area contributed by atoms with E-state index >= 15 is 0 Å². The first-order valence-electron chi connectivity index (χ1n) is 20.5. The number of nitrogens with two attached hydrogens (primary N) is 1. The number of likely N-dealkylation sites (tertiary alicyclic amines) is 1. The number of hydrogen-bond acceptors (Lipinski definition) is 14. The maximum Gasteiger partial charge on any atom is 0.264 e. The molecule has 3 aliphatic heterocycles. The lowest BCUT2D eigenvalue weighted by Gasteiger charge is -2.27. The second-order valence-corrected chi connectivity index (χ2v) is 16.2. The van der Waals surface area contributed by atoms with Crippen LogP contribution in [0.5, 0.6) is 11.5 Å². The van der Waals surface area contributed by atoms with E-state index in [0.717, 1.165) is 17.7 Å². The van der Waals surface area contributed by atoms with E-state index in [2.05, 4.69) is 37.8 Å². The molecule has 62 heavy (non-hydrogen) atoms. The molecule has 19 heteroatoms. The van der Waals surface area contributed by atoms with Crippen LogP contribution >= 0.6 is 11.8 Å². The first-order chi connectivity index (χ1) is 30.1. The number of benzene rings is 2. The number of hydrogen-bond donors (Lipinski definition) is 4. The maximum atomic E-state index is 13.3. The molecule has 0 saturated carbocycles. The fourth-order valence-corrected chi connectivity index (χ4v) is 8.53. The average Bonchev–Trinajstić information content (AvgIpc) is 3.98. The summed E-state index contributed by atoms with van der Waals surface area (Å²) < 4.78 is 12.5. The molecule has 0 radical (unpaired) electrons. The molecule has 5 N–H and O–H groups in total. The fourth-order valence-electron chi connectivity index (χ4n) is 7.76. The number of carbonyl (C=O) groups excluding carboxylic acids is 6. The average molecular weight is 865 g/mol. The van der Waals surface area contributed by atoms with Crippen molar-refractivity contribution in [3.8, 4) is 23.3 Å². The molecule has 6 amide bonds. The zero-order chi connectivity index (χ0) is 43.8. The van der Waals surface area contributed by atoms with Crippen LogP contribution < -0.4 is 31.2 Å². The molecule has 5 heterocycles. The van der Waals surface area contributed by atoms with Crippen molar-refractivity contribution in [3.05, 3.63) is 65.1 Å². The van der Waals surface area contributed by atoms with E-state index in [9.17, 15) is 28.8 Å². The zero-order valence-corrected chi connectivity index (χ0v) is 35.3. The first kappa shape index (κ1) is 43.4. The molecule has 2 saturated heterocycles. The number of nitrogens with zero attached hydrogens (tertiary/aromatic N) is 6. The van der Waals surface area contributed by atoms with Gasteiger partial charge in [-0.25, -0.2) is 14.6 Å². The Morgan fingerprint density at radius 2 is 1.76 bits per heavy atom. The number of rotatable bonds is 17. The van der Waals surface area contributed by atoms with E-state index in [1.54, 1.807) is 67.1 Å². The number of fused-ring (bicyclic) bond motifs is 2. The Kier molecular flexibility index (Phi) is 13.9. The monoisotopic (exact) mass is 864 g/mol. The van der Waals surface area contributed by atoms with E-state index in [-0.39, 0.29) is 47.6 Å². The van der Waals surface area contributed by atoms with Crippen LogP contribution in [0.15, 0.2) is 42.7 Å². The van der Waals surface area contributed by atoms with Crippen LogP contribution in [-0.4, -0.2) is 123 Å². The number of ether oxygens (including phenoxy) is 2. The van der Waals surface area contributed by atoms with Gasteiger partial charge in [0.15, 0.2) is 5.65 Å². The SMILES string of the molecule is COc1cc(C#Cc2nn([C@H]3CCN(C(=O)CCSCCNC(=O)CCCCCNc4cccc5c4C(=O)N(C4CCC(=O)NC4=O)C5=O)C3)c3ncnc(N)c23)cc(OC)c1. The molecule has 0 aliphatic carbocycles. The maximum absolute atomic E-state index is 13.3. The predicted molar refractivity (Wildman–Crippen MR) is 231 cm³/mol. The van der Waals surface area contributed by atoms with Crippen molar-refractivity contribution in [1.82, 2.24) is 40.2 Å². The van der Waals surface area contributed by atoms with E-state index in [1.807, 2.05) is 4.90 Å². The van der Waals surface area contributed by atoms with E-state index in [4.69, 9.17) is 20.3 Å². The summed E-state index contributed by atoms with van der Waals surface area (Å²) in [7, 11) is 3.15. The molecule has 2 aromatic carbocycles. The Hall–Kier alpha value is -6.68. The number of thioether (sulfide) groups is 1. The van der Waals surface area contributed by atoms with Gasteiger partial charge in [0.25, 0.3) is 11.8 Å². The number of carbonyl (C=O) groups is 6. The lowest BCUT2D eigenvalue weighted by molar-refractivity contribution is -0.136. The van der Waals surface area contributed by atoms with Crippen molar-refractivity contribution in [1.29, 1.82) is 0 Å². The molecule has 2 fully saturated rings. The zero-order valence-electron chi connectivity index (χ0n) is 34.5. The van der Waals surface area contributed by atoms with Crippen LogP contribution in [0.4, 0.5) is 11.5 Å². The van der Waals surface area contributed by atoms with Crippen molar-refractivity contribution >= 4 is 69.7 Å². The minimum atomic E-state index is -1.02. The van der Waals surface area contributed by atoms with Gasteiger partial charge in [-0.05, 0) is 55.9 Å². The van der Waals surface area contributed by atoms with E-state index in [0.29, 0.717) is 103 Å². The largest absolute Gasteiger partial charge is 0.497 e. The molecule has 18 nitrogen and oxygen atoms in total. The second kappa shape index (κ2) is 19.8. The van der Waals surface area contributed by atoms with Gasteiger partial charge in [-0.2, -0.15) is 16.9 Å². The van der Waals surface area contributed by atoms with Gasteiger partial charge < -0.3 is 30.7 Å². The van der Waals surface area contributed by atoms with Crippen LogP contribution in [-0.2, 0) is 19.2 Å². The third-order valence-electron chi connectivity index (χ3n) is 10.9. The summed E-state index contributed by atoms with van der Waals surface area (Å²) >= 11 is 1.61. The van der Waals surface area contributed by atoms with E-state index < -0.39 is 29.7 Å². The summed E-state index contributed by atoms with van der Waals surface area (Å²) in [5.41, 5.74) is 8.90. The summed E-state index contributed by atoms with van der Waals surface area (Å²) in [6.07, 6.45) is 5.19. The topological polar surface area (TPSA) is 233 Å². The summed E-state index contributed by atoms with van der Waals surface area (Å²) in [6.45, 7) is 2.10. The minimum Gasteiger partial charge on any atom is -0.497 e. The summed E-state index contributed by atoms with van der Waals surface area (Å²) in [5.74, 6) is 6.89. The Bertz CT molecular complexity index is 2440. The predicted octanol–water partition coefficient (Wildman–Crippen LogP) is 2.91. The molecule has 1 unspecified atom stereocenters. The number of unbranched alkanes of at least 4 members (excludes halogenated alkanes) is 2. The normalized spacial score (nSPS) is 17.1. The number of nitrogens with one attached hydrogen (secondary N) is 3. The molecule has 0 spiro atoms.